The molecule has 0 saturated carbocycles. The zero-order chi connectivity index (χ0) is 29.7. The van der Waals surface area contributed by atoms with E-state index in [-0.39, 0.29) is 19.1 Å². The molecule has 4 rings (SSSR count). The number of amides is 3. The van der Waals surface area contributed by atoms with E-state index in [0.29, 0.717) is 49.7 Å². The van der Waals surface area contributed by atoms with Crippen LogP contribution in [-0.4, -0.2) is 66.3 Å². The standard InChI is InChI=1S/C30H37N7O5/c1-3-4-9-25-35-27-28(37(25)15-17-41-16-14-32-20-38)23-7-5-6-8-24(23)34-29(27)36-30(40)42-19-21-10-12-22(13-11-21)33-26(39)18-31-2/h5-8,10-13,20,31H,3-4,9,14-19H2,1-2H3,(H,32,38)(H,33,39)(H,34,36,40). The number of hydrogen-bond acceptors (Lipinski definition) is 8. The third kappa shape index (κ3) is 8.02. The summed E-state index contributed by atoms with van der Waals surface area (Å²) in [6.07, 6.45) is 2.74. The number of benzene rings is 2. The van der Waals surface area contributed by atoms with E-state index >= 15 is 0 Å². The molecule has 0 unspecified atom stereocenters. The molecule has 0 aliphatic heterocycles. The maximum absolute atomic E-state index is 12.9. The summed E-state index contributed by atoms with van der Waals surface area (Å²) in [5.74, 6) is 1.07. The van der Waals surface area contributed by atoms with Gasteiger partial charge in [0, 0.05) is 30.6 Å². The highest BCUT2D eigenvalue weighted by atomic mass is 16.5. The van der Waals surface area contributed by atoms with Crippen LogP contribution in [0.5, 0.6) is 0 Å². The van der Waals surface area contributed by atoms with Crippen LogP contribution in [0, 0.1) is 0 Å². The summed E-state index contributed by atoms with van der Waals surface area (Å²) in [5.41, 5.74) is 3.59. The third-order valence-corrected chi connectivity index (χ3v) is 6.52. The number of carbonyl (C=O) groups excluding carboxylic acids is 3. The van der Waals surface area contributed by atoms with E-state index in [0.717, 1.165) is 47.1 Å². The largest absolute Gasteiger partial charge is 0.444 e. The van der Waals surface area contributed by atoms with E-state index in [1.165, 1.54) is 0 Å². The van der Waals surface area contributed by atoms with E-state index in [2.05, 4.69) is 32.8 Å². The van der Waals surface area contributed by atoms with Crippen LogP contribution < -0.4 is 21.3 Å². The first-order chi connectivity index (χ1) is 20.5. The number of imidazole rings is 1. The Kier molecular flexibility index (Phi) is 11.2. The van der Waals surface area contributed by atoms with Gasteiger partial charge in [-0.1, -0.05) is 43.7 Å². The molecule has 4 aromatic rings. The normalized spacial score (nSPS) is 11.0. The van der Waals surface area contributed by atoms with Gasteiger partial charge in [-0.05, 0) is 37.2 Å². The van der Waals surface area contributed by atoms with E-state index in [4.69, 9.17) is 19.4 Å². The lowest BCUT2D eigenvalue weighted by Gasteiger charge is -2.12. The van der Waals surface area contributed by atoms with Crippen LogP contribution in [0.25, 0.3) is 21.9 Å². The van der Waals surface area contributed by atoms with Crippen molar-refractivity contribution in [2.75, 3.05) is 44.0 Å². The van der Waals surface area contributed by atoms with Crippen molar-refractivity contribution in [2.45, 2.75) is 39.3 Å². The van der Waals surface area contributed by atoms with Crippen LogP contribution in [-0.2, 0) is 38.6 Å². The molecule has 0 aliphatic rings. The number of unbranched alkanes of at least 4 members (excludes halogenated alkanes) is 1. The average Bonchev–Trinajstić information content (AvgIpc) is 3.36. The maximum atomic E-state index is 12.9. The van der Waals surface area contributed by atoms with Crippen molar-refractivity contribution in [3.05, 3.63) is 59.9 Å². The monoisotopic (exact) mass is 575 g/mol. The lowest BCUT2D eigenvalue weighted by atomic mass is 10.2. The summed E-state index contributed by atoms with van der Waals surface area (Å²) in [4.78, 5) is 44.8. The zero-order valence-electron chi connectivity index (χ0n) is 23.9. The molecule has 3 amide bonds. The van der Waals surface area contributed by atoms with E-state index in [1.54, 1.807) is 31.3 Å². The number of fused-ring (bicyclic) bond motifs is 3. The fourth-order valence-electron chi connectivity index (χ4n) is 4.52. The van der Waals surface area contributed by atoms with Gasteiger partial charge in [-0.15, -0.1) is 0 Å². The number of hydrogen-bond donors (Lipinski definition) is 4. The molecule has 0 aliphatic carbocycles. The van der Waals surface area contributed by atoms with Gasteiger partial charge in [0.15, 0.2) is 5.82 Å². The summed E-state index contributed by atoms with van der Waals surface area (Å²) in [5, 5.41) is 11.9. The summed E-state index contributed by atoms with van der Waals surface area (Å²) in [6.45, 7) is 4.23. The minimum Gasteiger partial charge on any atom is -0.444 e. The third-order valence-electron chi connectivity index (χ3n) is 6.52. The number of aromatic nitrogens is 3. The molecular formula is C30H37N7O5. The van der Waals surface area contributed by atoms with Gasteiger partial charge in [0.1, 0.15) is 17.9 Å². The Labute approximate surface area is 244 Å². The Hall–Kier alpha value is -4.55. The molecule has 0 saturated heterocycles. The molecule has 2 aromatic heterocycles. The van der Waals surface area contributed by atoms with Crippen LogP contribution in [0.15, 0.2) is 48.5 Å². The topological polar surface area (TPSA) is 148 Å². The molecule has 0 bridgehead atoms. The first kappa shape index (κ1) is 30.4. The Morgan fingerprint density at radius 2 is 1.83 bits per heavy atom. The minimum atomic E-state index is -0.652. The second-order valence-corrected chi connectivity index (χ2v) is 9.62. The van der Waals surface area contributed by atoms with Gasteiger partial charge in [0.05, 0.1) is 30.8 Å². The van der Waals surface area contributed by atoms with Crippen molar-refractivity contribution in [1.82, 2.24) is 25.2 Å². The molecule has 2 heterocycles. The molecular weight excluding hydrogens is 538 g/mol. The Morgan fingerprint density at radius 3 is 2.60 bits per heavy atom. The predicted molar refractivity (Wildman–Crippen MR) is 161 cm³/mol. The van der Waals surface area contributed by atoms with Crippen molar-refractivity contribution < 1.29 is 23.9 Å². The molecule has 42 heavy (non-hydrogen) atoms. The molecule has 12 nitrogen and oxygen atoms in total. The van der Waals surface area contributed by atoms with Crippen LogP contribution >= 0.6 is 0 Å². The van der Waals surface area contributed by atoms with Gasteiger partial charge in [0.2, 0.25) is 12.3 Å². The highest BCUT2D eigenvalue weighted by molar-refractivity contribution is 6.09. The van der Waals surface area contributed by atoms with Gasteiger partial charge < -0.3 is 30.0 Å². The number of rotatable bonds is 16. The van der Waals surface area contributed by atoms with Crippen molar-refractivity contribution in [3.8, 4) is 0 Å². The minimum absolute atomic E-state index is 0.0415. The van der Waals surface area contributed by atoms with Gasteiger partial charge >= 0.3 is 6.09 Å². The fourth-order valence-corrected chi connectivity index (χ4v) is 4.52. The number of nitrogens with one attached hydrogen (secondary N) is 4. The van der Waals surface area contributed by atoms with Crippen molar-refractivity contribution in [1.29, 1.82) is 0 Å². The van der Waals surface area contributed by atoms with Gasteiger partial charge in [-0.3, -0.25) is 14.9 Å². The Balaban J connectivity index is 1.53. The van der Waals surface area contributed by atoms with Crippen LogP contribution in [0.2, 0.25) is 0 Å². The quantitative estimate of drug-likeness (QED) is 0.117. The lowest BCUT2D eigenvalue weighted by molar-refractivity contribution is -0.115. The number of anilines is 2. The first-order valence-electron chi connectivity index (χ1n) is 14.0. The zero-order valence-corrected chi connectivity index (χ0v) is 23.9. The van der Waals surface area contributed by atoms with Crippen molar-refractivity contribution in [2.24, 2.45) is 0 Å². The summed E-state index contributed by atoms with van der Waals surface area (Å²) in [7, 11) is 1.70. The number of likely N-dealkylation sites (N-methyl/N-ethyl adjacent to an activating group) is 1. The molecule has 222 valence electrons. The molecule has 4 N–H and O–H groups in total. The first-order valence-corrected chi connectivity index (χ1v) is 14.0. The van der Waals surface area contributed by atoms with Crippen molar-refractivity contribution in [3.63, 3.8) is 0 Å². The van der Waals surface area contributed by atoms with E-state index < -0.39 is 6.09 Å². The smallest absolute Gasteiger partial charge is 0.413 e. The van der Waals surface area contributed by atoms with E-state index in [9.17, 15) is 14.4 Å². The number of aryl methyl sites for hydroxylation is 1. The number of para-hydroxylation sites is 1. The molecule has 12 heteroatoms. The number of ether oxygens (including phenoxy) is 2. The van der Waals surface area contributed by atoms with Gasteiger partial charge in [-0.2, -0.15) is 0 Å². The summed E-state index contributed by atoms with van der Waals surface area (Å²) < 4.78 is 13.4. The second-order valence-electron chi connectivity index (χ2n) is 9.62. The number of pyridine rings is 1. The Morgan fingerprint density at radius 1 is 1.02 bits per heavy atom. The van der Waals surface area contributed by atoms with Crippen molar-refractivity contribution >= 4 is 51.9 Å². The molecule has 0 radical (unpaired) electrons. The predicted octanol–water partition coefficient (Wildman–Crippen LogP) is 3.60. The fraction of sp³-hybridized carbons (Fsp3) is 0.367. The molecule has 0 fully saturated rings. The van der Waals surface area contributed by atoms with Crippen LogP contribution in [0.1, 0.15) is 31.2 Å². The highest BCUT2D eigenvalue weighted by Gasteiger charge is 2.20. The molecule has 2 aromatic carbocycles. The molecule has 0 atom stereocenters. The van der Waals surface area contributed by atoms with Gasteiger partial charge in [0.25, 0.3) is 0 Å². The summed E-state index contributed by atoms with van der Waals surface area (Å²) in [6, 6.07) is 14.8. The van der Waals surface area contributed by atoms with E-state index in [1.807, 2.05) is 24.3 Å². The van der Waals surface area contributed by atoms with Gasteiger partial charge in [-0.25, -0.2) is 14.8 Å². The highest BCUT2D eigenvalue weighted by Crippen LogP contribution is 2.31. The Bertz CT molecular complexity index is 1500. The average molecular weight is 576 g/mol. The van der Waals surface area contributed by atoms with Crippen LogP contribution in [0.3, 0.4) is 0 Å². The second kappa shape index (κ2) is 15.5. The lowest BCUT2D eigenvalue weighted by Crippen LogP contribution is -2.25. The van der Waals surface area contributed by atoms with Crippen LogP contribution in [0.4, 0.5) is 16.3 Å². The summed E-state index contributed by atoms with van der Waals surface area (Å²) >= 11 is 0. The number of nitrogens with zero attached hydrogens (tertiary/aromatic N) is 3. The number of carbonyl (C=O) groups is 3. The SMILES string of the molecule is CCCCc1nc2c(NC(=O)OCc3ccc(NC(=O)CNC)cc3)nc3ccccc3c2n1CCOCCNC=O. The molecule has 0 spiro atoms. The maximum Gasteiger partial charge on any atom is 0.413 e.